The monoisotopic (exact) mass is 434 g/mol. The molecule has 7 nitrogen and oxygen atoms in total. The highest BCUT2D eigenvalue weighted by atomic mass is 32.2. The lowest BCUT2D eigenvalue weighted by molar-refractivity contribution is -0.113. The van der Waals surface area contributed by atoms with Gasteiger partial charge in [-0.1, -0.05) is 42.1 Å². The van der Waals surface area contributed by atoms with Gasteiger partial charge >= 0.3 is 0 Å². The number of amidine groups is 2. The maximum Gasteiger partial charge on any atom is 0.234 e. The van der Waals surface area contributed by atoms with Gasteiger partial charge in [0.15, 0.2) is 11.0 Å². The summed E-state index contributed by atoms with van der Waals surface area (Å²) < 4.78 is 15.6. The van der Waals surface area contributed by atoms with E-state index in [0.717, 1.165) is 36.6 Å². The summed E-state index contributed by atoms with van der Waals surface area (Å²) in [5, 5.41) is 7.83. The molecule has 3 aromatic rings. The van der Waals surface area contributed by atoms with Crippen LogP contribution < -0.4 is 5.32 Å². The number of aromatic nitrogens is 2. The van der Waals surface area contributed by atoms with Crippen molar-refractivity contribution in [1.29, 1.82) is 0 Å². The molecule has 0 atom stereocenters. The molecule has 0 bridgehead atoms. The van der Waals surface area contributed by atoms with Crippen molar-refractivity contribution >= 4 is 40.2 Å². The molecule has 1 aromatic heterocycles. The van der Waals surface area contributed by atoms with E-state index in [4.69, 9.17) is 9.98 Å². The van der Waals surface area contributed by atoms with Gasteiger partial charge in [-0.05, 0) is 30.7 Å². The van der Waals surface area contributed by atoms with E-state index in [0.29, 0.717) is 11.0 Å². The lowest BCUT2D eigenvalue weighted by atomic mass is 10.2. The van der Waals surface area contributed by atoms with Gasteiger partial charge in [0.25, 0.3) is 0 Å². The lowest BCUT2D eigenvalue weighted by Crippen LogP contribution is -2.42. The van der Waals surface area contributed by atoms with Crippen molar-refractivity contribution in [2.75, 3.05) is 24.2 Å². The van der Waals surface area contributed by atoms with Crippen LogP contribution >= 0.6 is 11.8 Å². The normalized spacial score (nSPS) is 14.9. The van der Waals surface area contributed by atoms with E-state index in [1.807, 2.05) is 35.2 Å². The third-order valence-electron chi connectivity index (χ3n) is 4.96. The third-order valence-corrected chi connectivity index (χ3v) is 5.93. The van der Waals surface area contributed by atoms with E-state index in [1.54, 1.807) is 23.0 Å². The fourth-order valence-electron chi connectivity index (χ4n) is 3.53. The molecule has 5 rings (SSSR count). The summed E-state index contributed by atoms with van der Waals surface area (Å²) in [6.07, 6.45) is 2.70. The van der Waals surface area contributed by atoms with Gasteiger partial charge < -0.3 is 10.2 Å². The van der Waals surface area contributed by atoms with Crippen molar-refractivity contribution in [3.05, 3.63) is 72.2 Å². The molecule has 0 spiro atoms. The molecule has 2 aliphatic rings. The van der Waals surface area contributed by atoms with Crippen molar-refractivity contribution in [2.24, 2.45) is 9.98 Å². The highest BCUT2D eigenvalue weighted by Gasteiger charge is 2.31. The Labute approximate surface area is 182 Å². The van der Waals surface area contributed by atoms with E-state index < -0.39 is 5.82 Å². The van der Waals surface area contributed by atoms with Crippen molar-refractivity contribution in [2.45, 2.75) is 6.42 Å². The molecule has 0 fully saturated rings. The Morgan fingerprint density at radius 3 is 2.77 bits per heavy atom. The predicted molar refractivity (Wildman–Crippen MR) is 121 cm³/mol. The van der Waals surface area contributed by atoms with Gasteiger partial charge in [0.05, 0.1) is 28.9 Å². The van der Waals surface area contributed by atoms with Crippen LogP contribution in [0.2, 0.25) is 0 Å². The Morgan fingerprint density at radius 2 is 1.94 bits per heavy atom. The first-order valence-electron chi connectivity index (χ1n) is 9.92. The minimum Gasteiger partial charge on any atom is -0.323 e. The summed E-state index contributed by atoms with van der Waals surface area (Å²) in [5.41, 5.74) is 1.95. The van der Waals surface area contributed by atoms with Crippen LogP contribution in [-0.4, -0.2) is 50.4 Å². The first-order valence-corrected chi connectivity index (χ1v) is 10.9. The molecule has 1 N–H and O–H groups in total. The second-order valence-corrected chi connectivity index (χ2v) is 7.99. The summed E-state index contributed by atoms with van der Waals surface area (Å²) in [5.74, 6) is 0.870. The molecule has 2 aliphatic heterocycles. The van der Waals surface area contributed by atoms with Crippen molar-refractivity contribution in [3.63, 3.8) is 0 Å². The quantitative estimate of drug-likeness (QED) is 0.677. The zero-order valence-corrected chi connectivity index (χ0v) is 17.3. The number of amides is 1. The van der Waals surface area contributed by atoms with E-state index >= 15 is 0 Å². The Kier molecular flexibility index (Phi) is 5.25. The van der Waals surface area contributed by atoms with Gasteiger partial charge in [-0.15, -0.1) is 0 Å². The smallest absolute Gasteiger partial charge is 0.234 e. The molecular weight excluding hydrogens is 415 g/mol. The maximum absolute atomic E-state index is 13.8. The van der Waals surface area contributed by atoms with Crippen LogP contribution in [0.25, 0.3) is 5.69 Å². The molecule has 0 saturated carbocycles. The molecule has 156 valence electrons. The molecule has 0 aliphatic carbocycles. The Morgan fingerprint density at radius 1 is 1.13 bits per heavy atom. The first kappa shape index (κ1) is 19.5. The number of nitrogens with one attached hydrogen (secondary N) is 1. The van der Waals surface area contributed by atoms with Gasteiger partial charge in [0.2, 0.25) is 5.91 Å². The van der Waals surface area contributed by atoms with E-state index in [1.165, 1.54) is 23.9 Å². The highest BCUT2D eigenvalue weighted by Crippen LogP contribution is 2.33. The molecule has 9 heteroatoms. The summed E-state index contributed by atoms with van der Waals surface area (Å²) >= 11 is 1.31. The summed E-state index contributed by atoms with van der Waals surface area (Å²) in [4.78, 5) is 24.0. The average Bonchev–Trinajstić information content (AvgIpc) is 3.24. The van der Waals surface area contributed by atoms with Gasteiger partial charge in [-0.2, -0.15) is 5.10 Å². The van der Waals surface area contributed by atoms with Crippen LogP contribution in [0.5, 0.6) is 0 Å². The topological polar surface area (TPSA) is 74.9 Å². The maximum atomic E-state index is 13.8. The van der Waals surface area contributed by atoms with Crippen LogP contribution in [0.4, 0.5) is 15.9 Å². The first-order chi connectivity index (χ1) is 15.2. The number of halogens is 1. The SMILES string of the molecule is O=C(CSC1=Nc2c(cnn2-c2ccccc2)C2=NCCCN12)Nc1ccccc1F. The molecule has 0 unspecified atom stereocenters. The number of carbonyl (C=O) groups excluding carboxylic acids is 1. The molecule has 0 radical (unpaired) electrons. The van der Waals surface area contributed by atoms with E-state index in [-0.39, 0.29) is 17.3 Å². The van der Waals surface area contributed by atoms with Crippen molar-refractivity contribution in [1.82, 2.24) is 14.7 Å². The second kappa shape index (κ2) is 8.35. The number of nitrogens with zero attached hydrogens (tertiary/aromatic N) is 5. The number of thioether (sulfide) groups is 1. The fourth-order valence-corrected chi connectivity index (χ4v) is 4.34. The van der Waals surface area contributed by atoms with Gasteiger partial charge in [0.1, 0.15) is 11.7 Å². The van der Waals surface area contributed by atoms with E-state index in [9.17, 15) is 9.18 Å². The second-order valence-electron chi connectivity index (χ2n) is 7.05. The minimum absolute atomic E-state index is 0.103. The Hall–Kier alpha value is -3.46. The zero-order valence-electron chi connectivity index (χ0n) is 16.5. The average molecular weight is 435 g/mol. The van der Waals surface area contributed by atoms with Crippen LogP contribution in [-0.2, 0) is 4.79 Å². The lowest BCUT2D eigenvalue weighted by Gasteiger charge is -2.32. The van der Waals surface area contributed by atoms with Gasteiger partial charge in [0, 0.05) is 13.1 Å². The number of para-hydroxylation sites is 2. The predicted octanol–water partition coefficient (Wildman–Crippen LogP) is 3.84. The number of benzene rings is 2. The van der Waals surface area contributed by atoms with Crippen LogP contribution in [0, 0.1) is 5.82 Å². The Bertz CT molecular complexity index is 1190. The molecule has 3 heterocycles. The molecule has 2 aromatic carbocycles. The minimum atomic E-state index is -0.460. The number of rotatable bonds is 4. The van der Waals surface area contributed by atoms with E-state index in [2.05, 4.69) is 10.4 Å². The Balaban J connectivity index is 1.41. The number of fused-ring (bicyclic) bond motifs is 3. The molecule has 31 heavy (non-hydrogen) atoms. The number of anilines is 1. The van der Waals surface area contributed by atoms with Crippen molar-refractivity contribution < 1.29 is 9.18 Å². The zero-order chi connectivity index (χ0) is 21.2. The van der Waals surface area contributed by atoms with Gasteiger partial charge in [-0.25, -0.2) is 14.1 Å². The van der Waals surface area contributed by atoms with Gasteiger partial charge in [-0.3, -0.25) is 9.79 Å². The van der Waals surface area contributed by atoms with Crippen LogP contribution in [0.3, 0.4) is 0 Å². The van der Waals surface area contributed by atoms with Crippen LogP contribution in [0.1, 0.15) is 12.0 Å². The standard InChI is InChI=1S/C22H19FN6OS/c23-17-9-4-5-10-18(17)26-19(30)14-31-22-27-21-16(20-24-11-6-12-28(20)22)13-25-29(21)15-7-2-1-3-8-15/h1-5,7-10,13H,6,11-12,14H2,(H,26,30). The third kappa shape index (κ3) is 3.84. The van der Waals surface area contributed by atoms with Crippen LogP contribution in [0.15, 0.2) is 70.8 Å². The summed E-state index contributed by atoms with van der Waals surface area (Å²) in [6.45, 7) is 1.52. The largest absolute Gasteiger partial charge is 0.323 e. The molecular formula is C22H19FN6OS. The number of aliphatic imine (C=N–C) groups is 2. The highest BCUT2D eigenvalue weighted by molar-refractivity contribution is 8.14. The molecule has 1 amide bonds. The number of hydrogen-bond donors (Lipinski definition) is 1. The molecule has 0 saturated heterocycles. The summed E-state index contributed by atoms with van der Waals surface area (Å²) in [7, 11) is 0. The summed E-state index contributed by atoms with van der Waals surface area (Å²) in [6, 6.07) is 15.9. The van der Waals surface area contributed by atoms with Crippen molar-refractivity contribution in [3.8, 4) is 5.69 Å². The number of hydrogen-bond acceptors (Lipinski definition) is 6. The number of carbonyl (C=O) groups is 1. The fraction of sp³-hybridized carbons (Fsp3) is 0.182.